The molecule has 20 heavy (non-hydrogen) atoms. The predicted molar refractivity (Wildman–Crippen MR) is 87.3 cm³/mol. The van der Waals surface area contributed by atoms with Crippen molar-refractivity contribution in [1.82, 2.24) is 5.32 Å². The molecule has 0 saturated carbocycles. The Labute approximate surface area is 124 Å². The number of rotatable bonds is 9. The van der Waals surface area contributed by atoms with Crippen LogP contribution in [-0.2, 0) is 0 Å². The molecular weight excluding hydrogens is 246 g/mol. The van der Waals surface area contributed by atoms with Crippen LogP contribution in [0.25, 0.3) is 0 Å². The quantitative estimate of drug-likeness (QED) is 0.689. The average Bonchev–Trinajstić information content (AvgIpc) is 2.39. The summed E-state index contributed by atoms with van der Waals surface area (Å²) >= 11 is 0. The molecule has 0 bridgehead atoms. The predicted octanol–water partition coefficient (Wildman–Crippen LogP) is 4.95. The van der Waals surface area contributed by atoms with Crippen LogP contribution in [0.1, 0.15) is 65.5 Å². The van der Waals surface area contributed by atoms with E-state index in [-0.39, 0.29) is 0 Å². The number of hydrogen-bond acceptors (Lipinski definition) is 2. The Morgan fingerprint density at radius 2 is 1.75 bits per heavy atom. The van der Waals surface area contributed by atoms with Crippen LogP contribution in [0.3, 0.4) is 0 Å². The molecule has 114 valence electrons. The van der Waals surface area contributed by atoms with E-state index in [0.717, 1.165) is 11.7 Å². The summed E-state index contributed by atoms with van der Waals surface area (Å²) in [5, 5.41) is 3.69. The summed E-state index contributed by atoms with van der Waals surface area (Å²) in [6.45, 7) is 11.8. The molecule has 1 aromatic rings. The van der Waals surface area contributed by atoms with Gasteiger partial charge in [0.25, 0.3) is 0 Å². The van der Waals surface area contributed by atoms with Gasteiger partial charge in [-0.25, -0.2) is 0 Å². The summed E-state index contributed by atoms with van der Waals surface area (Å²) in [6, 6.07) is 9.20. The Morgan fingerprint density at radius 1 is 1.05 bits per heavy atom. The first-order chi connectivity index (χ1) is 9.54. The maximum Gasteiger partial charge on any atom is 0.124 e. The molecule has 2 atom stereocenters. The molecule has 0 radical (unpaired) electrons. The van der Waals surface area contributed by atoms with Crippen LogP contribution >= 0.6 is 0 Å². The first-order valence-corrected chi connectivity index (χ1v) is 8.02. The van der Waals surface area contributed by atoms with Crippen molar-refractivity contribution in [2.45, 2.75) is 66.0 Å². The molecule has 0 saturated heterocycles. The highest BCUT2D eigenvalue weighted by Gasteiger charge is 2.13. The molecule has 2 nitrogen and oxygen atoms in total. The van der Waals surface area contributed by atoms with Crippen LogP contribution in [0.4, 0.5) is 0 Å². The van der Waals surface area contributed by atoms with E-state index in [1.54, 1.807) is 0 Å². The first-order valence-electron chi connectivity index (χ1n) is 8.02. The van der Waals surface area contributed by atoms with Gasteiger partial charge < -0.3 is 10.1 Å². The van der Waals surface area contributed by atoms with Crippen LogP contribution in [0.5, 0.6) is 5.75 Å². The zero-order valence-electron chi connectivity index (χ0n) is 13.8. The first kappa shape index (κ1) is 17.0. The van der Waals surface area contributed by atoms with E-state index in [2.05, 4.69) is 51.2 Å². The smallest absolute Gasteiger partial charge is 0.124 e. The van der Waals surface area contributed by atoms with Gasteiger partial charge in [-0.05, 0) is 39.2 Å². The lowest BCUT2D eigenvalue weighted by Gasteiger charge is -2.22. The lowest BCUT2D eigenvalue weighted by atomic mass is 10.0. The fourth-order valence-electron chi connectivity index (χ4n) is 2.56. The minimum Gasteiger partial charge on any atom is -0.494 e. The second-order valence-electron chi connectivity index (χ2n) is 6.08. The van der Waals surface area contributed by atoms with Crippen LogP contribution < -0.4 is 10.1 Å². The molecule has 0 aliphatic heterocycles. The summed E-state index contributed by atoms with van der Waals surface area (Å²) in [7, 11) is 0. The molecule has 0 heterocycles. The molecule has 0 spiro atoms. The van der Waals surface area contributed by atoms with Gasteiger partial charge in [0.15, 0.2) is 0 Å². The van der Waals surface area contributed by atoms with Crippen molar-refractivity contribution in [3.8, 4) is 5.75 Å². The van der Waals surface area contributed by atoms with Crippen molar-refractivity contribution in [2.24, 2.45) is 5.92 Å². The number of nitrogens with one attached hydrogen (secondary N) is 1. The van der Waals surface area contributed by atoms with E-state index in [4.69, 9.17) is 4.74 Å². The molecular formula is C18H31NO. The zero-order valence-corrected chi connectivity index (χ0v) is 13.8. The van der Waals surface area contributed by atoms with Gasteiger partial charge in [0.05, 0.1) is 6.61 Å². The van der Waals surface area contributed by atoms with Gasteiger partial charge in [0.1, 0.15) is 5.75 Å². The van der Waals surface area contributed by atoms with E-state index >= 15 is 0 Å². The van der Waals surface area contributed by atoms with Crippen LogP contribution in [0.15, 0.2) is 24.3 Å². The third kappa shape index (κ3) is 5.96. The number of para-hydroxylation sites is 1. The van der Waals surface area contributed by atoms with Crippen molar-refractivity contribution in [1.29, 1.82) is 0 Å². The van der Waals surface area contributed by atoms with Crippen LogP contribution in [-0.4, -0.2) is 12.6 Å². The molecule has 2 heteroatoms. The van der Waals surface area contributed by atoms with Crippen molar-refractivity contribution in [2.75, 3.05) is 6.61 Å². The molecule has 0 aliphatic rings. The fraction of sp³-hybridized carbons (Fsp3) is 0.667. The topological polar surface area (TPSA) is 21.3 Å². The van der Waals surface area contributed by atoms with Crippen molar-refractivity contribution in [3.05, 3.63) is 29.8 Å². The van der Waals surface area contributed by atoms with E-state index in [0.29, 0.717) is 18.7 Å². The zero-order chi connectivity index (χ0) is 15.0. The Kier molecular flexibility index (Phi) is 7.68. The van der Waals surface area contributed by atoms with Gasteiger partial charge >= 0.3 is 0 Å². The van der Waals surface area contributed by atoms with Gasteiger partial charge in [-0.1, -0.05) is 44.9 Å². The highest BCUT2D eigenvalue weighted by Crippen LogP contribution is 2.25. The molecule has 1 aromatic carbocycles. The van der Waals surface area contributed by atoms with Crippen molar-refractivity contribution in [3.63, 3.8) is 0 Å². The third-order valence-corrected chi connectivity index (χ3v) is 3.64. The molecule has 2 unspecified atom stereocenters. The summed E-state index contributed by atoms with van der Waals surface area (Å²) in [5.74, 6) is 1.81. The minimum atomic E-state index is 0.326. The maximum atomic E-state index is 5.71. The normalized spacial score (nSPS) is 14.3. The minimum absolute atomic E-state index is 0.326. The van der Waals surface area contributed by atoms with Gasteiger partial charge in [0, 0.05) is 17.6 Å². The van der Waals surface area contributed by atoms with Crippen molar-refractivity contribution >= 4 is 0 Å². The van der Waals surface area contributed by atoms with E-state index in [1.807, 2.05) is 13.0 Å². The second kappa shape index (κ2) is 9.02. The Bertz CT molecular complexity index is 375. The number of benzene rings is 1. The lowest BCUT2D eigenvalue weighted by molar-refractivity contribution is 0.329. The highest BCUT2D eigenvalue weighted by molar-refractivity contribution is 5.35. The third-order valence-electron chi connectivity index (χ3n) is 3.64. The Morgan fingerprint density at radius 3 is 2.40 bits per heavy atom. The monoisotopic (exact) mass is 277 g/mol. The van der Waals surface area contributed by atoms with Crippen LogP contribution in [0, 0.1) is 5.92 Å². The molecule has 0 amide bonds. The van der Waals surface area contributed by atoms with Gasteiger partial charge in [-0.2, -0.15) is 0 Å². The summed E-state index contributed by atoms with van der Waals surface area (Å²) < 4.78 is 5.71. The molecule has 0 aromatic heterocycles. The van der Waals surface area contributed by atoms with Gasteiger partial charge in [-0.15, -0.1) is 0 Å². The SMILES string of the molecule is CCOc1ccccc1C(C)NC(C)CCCC(C)C. The van der Waals surface area contributed by atoms with Crippen LogP contribution in [0.2, 0.25) is 0 Å². The van der Waals surface area contributed by atoms with E-state index in [1.165, 1.54) is 24.8 Å². The summed E-state index contributed by atoms with van der Waals surface area (Å²) in [6.07, 6.45) is 3.85. The number of hydrogen-bond donors (Lipinski definition) is 1. The second-order valence-corrected chi connectivity index (χ2v) is 6.08. The Balaban J connectivity index is 2.51. The number of ether oxygens (including phenoxy) is 1. The highest BCUT2D eigenvalue weighted by atomic mass is 16.5. The largest absolute Gasteiger partial charge is 0.494 e. The summed E-state index contributed by atoms with van der Waals surface area (Å²) in [5.41, 5.74) is 1.25. The Hall–Kier alpha value is -1.02. The van der Waals surface area contributed by atoms with Crippen molar-refractivity contribution < 1.29 is 4.74 Å². The molecule has 0 fully saturated rings. The summed E-state index contributed by atoms with van der Waals surface area (Å²) in [4.78, 5) is 0. The fourth-order valence-corrected chi connectivity index (χ4v) is 2.56. The molecule has 1 N–H and O–H groups in total. The van der Waals surface area contributed by atoms with Gasteiger partial charge in [-0.3, -0.25) is 0 Å². The van der Waals surface area contributed by atoms with Gasteiger partial charge in [0.2, 0.25) is 0 Å². The maximum absolute atomic E-state index is 5.71. The lowest BCUT2D eigenvalue weighted by Crippen LogP contribution is -2.29. The molecule has 1 rings (SSSR count). The molecule has 0 aliphatic carbocycles. The van der Waals surface area contributed by atoms with E-state index < -0.39 is 0 Å². The average molecular weight is 277 g/mol. The standard InChI is InChI=1S/C18H31NO/c1-6-20-18-13-8-7-12-17(18)16(5)19-15(4)11-9-10-14(2)3/h7-8,12-16,19H,6,9-11H2,1-5H3. The van der Waals surface area contributed by atoms with E-state index in [9.17, 15) is 0 Å².